The molecule has 0 heterocycles. The number of amides is 1. The van der Waals surface area contributed by atoms with Crippen molar-refractivity contribution < 1.29 is 9.35 Å². The number of carbonyl (C=O) groups is 1. The van der Waals surface area contributed by atoms with Crippen molar-refractivity contribution in [2.45, 2.75) is 25.5 Å². The van der Waals surface area contributed by atoms with Gasteiger partial charge in [-0.1, -0.05) is 0 Å². The van der Waals surface area contributed by atoms with Crippen LogP contribution in [0.5, 0.6) is 0 Å². The van der Waals surface area contributed by atoms with Gasteiger partial charge < -0.3 is 4.55 Å². The molecule has 4 heteroatoms. The summed E-state index contributed by atoms with van der Waals surface area (Å²) in [5.41, 5.74) is 0. The molecule has 0 saturated carbocycles. The Morgan fingerprint density at radius 2 is 2.00 bits per heavy atom. The zero-order valence-electron chi connectivity index (χ0n) is 5.80. The molecule has 0 unspecified atom stereocenters. The van der Waals surface area contributed by atoms with Gasteiger partial charge in [0.1, 0.15) is 4.75 Å². The highest BCUT2D eigenvalue weighted by Crippen LogP contribution is 2.11. The minimum atomic E-state index is -1.26. The van der Waals surface area contributed by atoms with Crippen LogP contribution in [0.1, 0.15) is 20.8 Å². The molecule has 0 fully saturated rings. The largest absolute Gasteiger partial charge is 0.593 e. The molecule has 0 saturated heterocycles. The maximum Gasteiger partial charge on any atom is 0.248 e. The highest BCUT2D eigenvalue weighted by atomic mass is 32.2. The summed E-state index contributed by atoms with van der Waals surface area (Å²) in [4.78, 5) is 9.76. The van der Waals surface area contributed by atoms with Gasteiger partial charge in [-0.05, 0) is 20.8 Å². The van der Waals surface area contributed by atoms with E-state index in [0.29, 0.717) is 6.41 Å². The number of rotatable bonds is 2. The van der Waals surface area contributed by atoms with Crippen molar-refractivity contribution in [3.63, 3.8) is 0 Å². The van der Waals surface area contributed by atoms with Crippen molar-refractivity contribution >= 4 is 17.8 Å². The van der Waals surface area contributed by atoms with Gasteiger partial charge in [0.05, 0.1) is 11.4 Å². The van der Waals surface area contributed by atoms with E-state index in [1.165, 1.54) is 0 Å². The molecule has 0 radical (unpaired) electrons. The molecular formula is C5H11NO2S. The van der Waals surface area contributed by atoms with E-state index >= 15 is 0 Å². The third-order valence-corrected chi connectivity index (χ3v) is 2.13. The standard InChI is InChI=1S/C5H11NO2S/c1-5(2,3)9(8)6-4-7/h4H,1-3H3,(H,6,7)/t9-/m1/s1. The number of nitrogens with one attached hydrogen (secondary N) is 1. The van der Waals surface area contributed by atoms with Gasteiger partial charge in [0.25, 0.3) is 0 Å². The zero-order valence-corrected chi connectivity index (χ0v) is 6.62. The fraction of sp³-hybridized carbons (Fsp3) is 0.800. The lowest BCUT2D eigenvalue weighted by atomic mass is 10.3. The lowest BCUT2D eigenvalue weighted by molar-refractivity contribution is -0.108. The van der Waals surface area contributed by atoms with Gasteiger partial charge in [0.2, 0.25) is 6.41 Å². The molecule has 0 aromatic rings. The van der Waals surface area contributed by atoms with Gasteiger partial charge in [-0.25, -0.2) is 0 Å². The maximum atomic E-state index is 10.8. The molecule has 0 aliphatic heterocycles. The number of hydrogen-bond acceptors (Lipinski definition) is 2. The normalized spacial score (nSPS) is 14.7. The second-order valence-corrected chi connectivity index (χ2v) is 4.61. The quantitative estimate of drug-likeness (QED) is 0.450. The third kappa shape index (κ3) is 3.37. The first-order chi connectivity index (χ1) is 3.98. The summed E-state index contributed by atoms with van der Waals surface area (Å²) in [5.74, 6) is 0. The highest BCUT2D eigenvalue weighted by molar-refractivity contribution is 7.91. The van der Waals surface area contributed by atoms with Gasteiger partial charge in [0, 0.05) is 0 Å². The molecule has 1 atom stereocenters. The van der Waals surface area contributed by atoms with Crippen LogP contribution in [-0.2, 0) is 16.2 Å². The monoisotopic (exact) mass is 149 g/mol. The molecule has 1 N–H and O–H groups in total. The van der Waals surface area contributed by atoms with Crippen LogP contribution in [0.3, 0.4) is 0 Å². The molecule has 0 bridgehead atoms. The van der Waals surface area contributed by atoms with Crippen LogP contribution in [0, 0.1) is 0 Å². The summed E-state index contributed by atoms with van der Waals surface area (Å²) in [7, 11) is 0. The predicted octanol–water partition coefficient (Wildman–Crippen LogP) is 0.195. The van der Waals surface area contributed by atoms with E-state index in [2.05, 4.69) is 4.72 Å². The first-order valence-electron chi connectivity index (χ1n) is 2.60. The van der Waals surface area contributed by atoms with Crippen LogP contribution < -0.4 is 4.72 Å². The van der Waals surface area contributed by atoms with Crippen molar-refractivity contribution in [1.82, 2.24) is 4.72 Å². The average molecular weight is 149 g/mol. The Bertz CT molecular complexity index is 99.6. The second-order valence-electron chi connectivity index (χ2n) is 2.62. The third-order valence-electron chi connectivity index (χ3n) is 0.711. The Morgan fingerprint density at radius 3 is 2.11 bits per heavy atom. The van der Waals surface area contributed by atoms with Crippen molar-refractivity contribution in [2.75, 3.05) is 0 Å². The lowest BCUT2D eigenvalue weighted by Gasteiger charge is -2.20. The zero-order chi connectivity index (χ0) is 7.49. The maximum absolute atomic E-state index is 10.8. The fourth-order valence-electron chi connectivity index (χ4n) is 0.220. The van der Waals surface area contributed by atoms with Crippen molar-refractivity contribution in [3.8, 4) is 0 Å². The SMILES string of the molecule is CC(C)(C)[S@@+]([O-])NC=O. The summed E-state index contributed by atoms with van der Waals surface area (Å²) in [6, 6.07) is 0. The Balaban J connectivity index is 3.72. The number of carbonyl (C=O) groups excluding carboxylic acids is 1. The van der Waals surface area contributed by atoms with E-state index in [9.17, 15) is 9.35 Å². The molecule has 9 heavy (non-hydrogen) atoms. The van der Waals surface area contributed by atoms with Gasteiger partial charge in [0.15, 0.2) is 0 Å². The minimum absolute atomic E-state index is 0.360. The van der Waals surface area contributed by atoms with Crippen LogP contribution in [0.4, 0.5) is 0 Å². The molecule has 54 valence electrons. The Labute approximate surface area is 58.1 Å². The number of hydrogen-bond donors (Lipinski definition) is 1. The van der Waals surface area contributed by atoms with Gasteiger partial charge >= 0.3 is 0 Å². The van der Waals surface area contributed by atoms with E-state index in [1.54, 1.807) is 20.8 Å². The Morgan fingerprint density at radius 1 is 1.56 bits per heavy atom. The van der Waals surface area contributed by atoms with Crippen molar-refractivity contribution in [1.29, 1.82) is 0 Å². The van der Waals surface area contributed by atoms with E-state index in [4.69, 9.17) is 0 Å². The molecule has 0 aromatic heterocycles. The molecule has 0 aliphatic carbocycles. The van der Waals surface area contributed by atoms with Crippen LogP contribution in [0.2, 0.25) is 0 Å². The molecule has 3 nitrogen and oxygen atoms in total. The Hall–Kier alpha value is -0.220. The summed E-state index contributed by atoms with van der Waals surface area (Å²) in [6.07, 6.45) is 0.446. The molecule has 0 spiro atoms. The predicted molar refractivity (Wildman–Crippen MR) is 37.1 cm³/mol. The van der Waals surface area contributed by atoms with Gasteiger partial charge in [-0.3, -0.25) is 4.79 Å². The average Bonchev–Trinajstić information content (AvgIpc) is 1.64. The lowest BCUT2D eigenvalue weighted by Crippen LogP contribution is -2.38. The molecule has 1 amide bonds. The van der Waals surface area contributed by atoms with E-state index in [1.807, 2.05) is 0 Å². The molecular weight excluding hydrogens is 138 g/mol. The minimum Gasteiger partial charge on any atom is -0.593 e. The molecule has 0 aliphatic rings. The van der Waals surface area contributed by atoms with Crippen molar-refractivity contribution in [2.24, 2.45) is 0 Å². The summed E-state index contributed by atoms with van der Waals surface area (Å²) >= 11 is -1.26. The van der Waals surface area contributed by atoms with Crippen LogP contribution in [0.25, 0.3) is 0 Å². The van der Waals surface area contributed by atoms with E-state index in [-0.39, 0.29) is 4.75 Å². The van der Waals surface area contributed by atoms with Crippen molar-refractivity contribution in [3.05, 3.63) is 0 Å². The topological polar surface area (TPSA) is 52.2 Å². The summed E-state index contributed by atoms with van der Waals surface area (Å²) in [6.45, 7) is 5.37. The van der Waals surface area contributed by atoms with Crippen LogP contribution in [-0.4, -0.2) is 15.7 Å². The first-order valence-corrected chi connectivity index (χ1v) is 3.75. The Kier molecular flexibility index (Phi) is 3.00. The second kappa shape index (κ2) is 3.08. The van der Waals surface area contributed by atoms with Gasteiger partial charge in [-0.15, -0.1) is 0 Å². The van der Waals surface area contributed by atoms with Gasteiger partial charge in [-0.2, -0.15) is 4.72 Å². The molecule has 0 rings (SSSR count). The highest BCUT2D eigenvalue weighted by Gasteiger charge is 2.25. The van der Waals surface area contributed by atoms with Crippen LogP contribution >= 0.6 is 0 Å². The summed E-state index contributed by atoms with van der Waals surface area (Å²) in [5, 5.41) is 0. The van der Waals surface area contributed by atoms with E-state index in [0.717, 1.165) is 0 Å². The molecule has 0 aromatic carbocycles. The summed E-state index contributed by atoms with van der Waals surface area (Å²) < 4.78 is 12.7. The first kappa shape index (κ1) is 8.78. The van der Waals surface area contributed by atoms with E-state index < -0.39 is 11.4 Å². The fourth-order valence-corrected chi connectivity index (χ4v) is 0.661. The smallest absolute Gasteiger partial charge is 0.248 e. The van der Waals surface area contributed by atoms with Crippen LogP contribution in [0.15, 0.2) is 0 Å².